The van der Waals surface area contributed by atoms with Crippen molar-refractivity contribution in [3.63, 3.8) is 0 Å². The van der Waals surface area contributed by atoms with Gasteiger partial charge < -0.3 is 25.3 Å². The molecule has 2 aromatic carbocycles. The molecule has 0 bridgehead atoms. The van der Waals surface area contributed by atoms with E-state index in [2.05, 4.69) is 21.7 Å². The number of methoxy groups -OCH3 is 1. The monoisotopic (exact) mass is 500 g/mol. The molecule has 0 atom stereocenters. The summed E-state index contributed by atoms with van der Waals surface area (Å²) in [6.45, 7) is 2.73. The van der Waals surface area contributed by atoms with Crippen LogP contribution in [-0.4, -0.2) is 54.7 Å². The van der Waals surface area contributed by atoms with Crippen molar-refractivity contribution in [3.8, 4) is 5.75 Å². The number of aromatic nitrogens is 3. The van der Waals surface area contributed by atoms with Crippen LogP contribution in [0, 0.1) is 12.8 Å². The zero-order valence-electron chi connectivity index (χ0n) is 22.1. The molecule has 1 amide bonds. The number of benzene rings is 2. The van der Waals surface area contributed by atoms with Gasteiger partial charge in [-0.3, -0.25) is 4.79 Å². The highest BCUT2D eigenvalue weighted by molar-refractivity contribution is 5.91. The highest BCUT2D eigenvalue weighted by atomic mass is 16.5. The van der Waals surface area contributed by atoms with E-state index in [1.807, 2.05) is 62.3 Å². The standard InChI is InChI=1S/C29H36N6O2/c1-18-23(24-15-21(37-4)13-14-26(24)31-18)16-27(36)30-17-19-9-11-20(12-10-19)32-29-33-25-8-6-5-7-22(25)28(34-29)35(2)3/h5-8,13-15,19-20,31H,9-12,16-17H2,1-4H3,(H,30,36)(H,32,33,34)/t19-,20+. The van der Waals surface area contributed by atoms with Gasteiger partial charge in [-0.2, -0.15) is 4.98 Å². The van der Waals surface area contributed by atoms with E-state index in [4.69, 9.17) is 14.7 Å². The van der Waals surface area contributed by atoms with Gasteiger partial charge in [0.1, 0.15) is 11.6 Å². The van der Waals surface area contributed by atoms with Crippen LogP contribution >= 0.6 is 0 Å². The van der Waals surface area contributed by atoms with Gasteiger partial charge in [0.15, 0.2) is 0 Å². The van der Waals surface area contributed by atoms with E-state index >= 15 is 0 Å². The number of anilines is 2. The molecule has 5 rings (SSSR count). The summed E-state index contributed by atoms with van der Waals surface area (Å²) in [5, 5.41) is 8.85. The Bertz CT molecular complexity index is 1400. The largest absolute Gasteiger partial charge is 0.497 e. The molecule has 0 unspecified atom stereocenters. The third kappa shape index (κ3) is 5.48. The summed E-state index contributed by atoms with van der Waals surface area (Å²) in [5.41, 5.74) is 4.04. The van der Waals surface area contributed by atoms with Crippen molar-refractivity contribution in [1.82, 2.24) is 20.3 Å². The van der Waals surface area contributed by atoms with Crippen LogP contribution < -0.4 is 20.3 Å². The number of aromatic amines is 1. The van der Waals surface area contributed by atoms with Crippen molar-refractivity contribution in [1.29, 1.82) is 0 Å². The van der Waals surface area contributed by atoms with Gasteiger partial charge in [-0.15, -0.1) is 0 Å². The third-order valence-corrected chi connectivity index (χ3v) is 7.44. The Morgan fingerprint density at radius 2 is 1.86 bits per heavy atom. The Morgan fingerprint density at radius 1 is 1.08 bits per heavy atom. The van der Waals surface area contributed by atoms with Crippen LogP contribution in [0.15, 0.2) is 42.5 Å². The topological polar surface area (TPSA) is 95.2 Å². The van der Waals surface area contributed by atoms with Gasteiger partial charge in [0.25, 0.3) is 0 Å². The Hall–Kier alpha value is -3.81. The quantitative estimate of drug-likeness (QED) is 0.321. The van der Waals surface area contributed by atoms with Crippen molar-refractivity contribution < 1.29 is 9.53 Å². The van der Waals surface area contributed by atoms with Crippen LogP contribution in [0.4, 0.5) is 11.8 Å². The summed E-state index contributed by atoms with van der Waals surface area (Å²) in [6, 6.07) is 14.4. The normalized spacial score (nSPS) is 17.6. The maximum absolute atomic E-state index is 12.8. The second-order valence-corrected chi connectivity index (χ2v) is 10.3. The molecule has 2 heterocycles. The molecule has 0 aliphatic heterocycles. The van der Waals surface area contributed by atoms with Gasteiger partial charge in [0.05, 0.1) is 19.0 Å². The van der Waals surface area contributed by atoms with Gasteiger partial charge in [-0.1, -0.05) is 12.1 Å². The zero-order valence-corrected chi connectivity index (χ0v) is 22.1. The number of fused-ring (bicyclic) bond motifs is 2. The molecule has 194 valence electrons. The Labute approximate surface area is 217 Å². The maximum atomic E-state index is 12.8. The predicted molar refractivity (Wildman–Crippen MR) is 150 cm³/mol. The first-order valence-corrected chi connectivity index (χ1v) is 13.0. The number of para-hydroxylation sites is 1. The van der Waals surface area contributed by atoms with Crippen molar-refractivity contribution >= 4 is 39.5 Å². The summed E-state index contributed by atoms with van der Waals surface area (Å²) in [7, 11) is 5.68. The lowest BCUT2D eigenvalue weighted by Gasteiger charge is -2.29. The number of H-pyrrole nitrogens is 1. The first-order valence-electron chi connectivity index (χ1n) is 13.0. The lowest BCUT2D eigenvalue weighted by Crippen LogP contribution is -2.35. The molecule has 8 nitrogen and oxygen atoms in total. The second kappa shape index (κ2) is 10.7. The molecule has 2 aromatic heterocycles. The Balaban J connectivity index is 1.14. The van der Waals surface area contributed by atoms with Gasteiger partial charge in [0.2, 0.25) is 11.9 Å². The van der Waals surface area contributed by atoms with Crippen molar-refractivity contribution in [2.75, 3.05) is 38.0 Å². The fourth-order valence-electron chi connectivity index (χ4n) is 5.36. The lowest BCUT2D eigenvalue weighted by molar-refractivity contribution is -0.120. The molecule has 1 fully saturated rings. The molecule has 3 N–H and O–H groups in total. The smallest absolute Gasteiger partial charge is 0.225 e. The minimum Gasteiger partial charge on any atom is -0.497 e. The number of hydrogen-bond acceptors (Lipinski definition) is 6. The van der Waals surface area contributed by atoms with Crippen LogP contribution in [0.2, 0.25) is 0 Å². The summed E-state index contributed by atoms with van der Waals surface area (Å²) < 4.78 is 5.37. The predicted octanol–water partition coefficient (Wildman–Crippen LogP) is 4.82. The minimum atomic E-state index is 0.0628. The van der Waals surface area contributed by atoms with E-state index in [0.29, 0.717) is 30.9 Å². The number of rotatable bonds is 8. The Kier molecular flexibility index (Phi) is 7.17. The molecule has 1 aliphatic rings. The average Bonchev–Trinajstić information content (AvgIpc) is 3.21. The number of nitrogens with one attached hydrogen (secondary N) is 3. The van der Waals surface area contributed by atoms with Crippen LogP contribution in [0.3, 0.4) is 0 Å². The van der Waals surface area contributed by atoms with Gasteiger partial charge in [-0.05, 0) is 74.4 Å². The van der Waals surface area contributed by atoms with Gasteiger partial charge in [0, 0.05) is 48.7 Å². The van der Waals surface area contributed by atoms with E-state index in [-0.39, 0.29) is 5.91 Å². The van der Waals surface area contributed by atoms with Gasteiger partial charge in [-0.25, -0.2) is 4.98 Å². The van der Waals surface area contributed by atoms with E-state index in [0.717, 1.165) is 70.3 Å². The first-order chi connectivity index (χ1) is 17.9. The zero-order chi connectivity index (χ0) is 25.9. The van der Waals surface area contributed by atoms with Crippen LogP contribution in [0.5, 0.6) is 5.75 Å². The van der Waals surface area contributed by atoms with E-state index < -0.39 is 0 Å². The lowest BCUT2D eigenvalue weighted by atomic mass is 9.86. The molecule has 0 saturated heterocycles. The van der Waals surface area contributed by atoms with Crippen LogP contribution in [0.1, 0.15) is 36.9 Å². The van der Waals surface area contributed by atoms with Crippen LogP contribution in [-0.2, 0) is 11.2 Å². The van der Waals surface area contributed by atoms with Gasteiger partial charge >= 0.3 is 0 Å². The van der Waals surface area contributed by atoms with E-state index in [1.54, 1.807) is 7.11 Å². The fourth-order valence-corrected chi connectivity index (χ4v) is 5.36. The second-order valence-electron chi connectivity index (χ2n) is 10.3. The molecule has 4 aromatic rings. The summed E-state index contributed by atoms with van der Waals surface area (Å²) >= 11 is 0. The highest BCUT2D eigenvalue weighted by Crippen LogP contribution is 2.29. The minimum absolute atomic E-state index is 0.0628. The first kappa shape index (κ1) is 24.9. The maximum Gasteiger partial charge on any atom is 0.225 e. The fraction of sp³-hybridized carbons (Fsp3) is 0.414. The SMILES string of the molecule is COc1ccc2[nH]c(C)c(CC(=O)NC[C@H]3CC[C@@H](Nc4nc(N(C)C)c5ccccc5n4)CC3)c2c1. The number of nitrogens with zero attached hydrogens (tertiary/aromatic N) is 3. The highest BCUT2D eigenvalue weighted by Gasteiger charge is 2.23. The Morgan fingerprint density at radius 3 is 2.62 bits per heavy atom. The molecule has 37 heavy (non-hydrogen) atoms. The number of carbonyl (C=O) groups excluding carboxylic acids is 1. The van der Waals surface area contributed by atoms with Crippen LogP contribution in [0.25, 0.3) is 21.8 Å². The molecule has 0 spiro atoms. The summed E-state index contributed by atoms with van der Waals surface area (Å²) in [5.74, 6) is 2.96. The third-order valence-electron chi connectivity index (χ3n) is 7.44. The molecule has 8 heteroatoms. The number of aryl methyl sites for hydroxylation is 1. The molecule has 1 saturated carbocycles. The number of amides is 1. The average molecular weight is 501 g/mol. The summed E-state index contributed by atoms with van der Waals surface area (Å²) in [6.07, 6.45) is 4.57. The van der Waals surface area contributed by atoms with Crippen molar-refractivity contribution in [3.05, 3.63) is 53.7 Å². The van der Waals surface area contributed by atoms with E-state index in [1.165, 1.54) is 0 Å². The molecule has 1 aliphatic carbocycles. The van der Waals surface area contributed by atoms with Crippen molar-refractivity contribution in [2.45, 2.75) is 45.1 Å². The molecule has 0 radical (unpaired) electrons. The molecular weight excluding hydrogens is 464 g/mol. The molecular formula is C29H36N6O2. The summed E-state index contributed by atoms with van der Waals surface area (Å²) in [4.78, 5) is 27.8. The van der Waals surface area contributed by atoms with Crippen molar-refractivity contribution in [2.24, 2.45) is 5.92 Å². The number of carbonyl (C=O) groups is 1. The van der Waals surface area contributed by atoms with E-state index in [9.17, 15) is 4.79 Å². The number of hydrogen-bond donors (Lipinski definition) is 3. The number of ether oxygens (including phenoxy) is 1.